The van der Waals surface area contributed by atoms with E-state index >= 15 is 4.39 Å². The number of aryl methyl sites for hydroxylation is 1. The van der Waals surface area contributed by atoms with Crippen LogP contribution in [0.5, 0.6) is 5.75 Å². The van der Waals surface area contributed by atoms with Crippen LogP contribution in [-0.4, -0.2) is 48.3 Å². The minimum Gasteiger partial charge on any atom is -0.497 e. The van der Waals surface area contributed by atoms with Crippen LogP contribution in [0.15, 0.2) is 48.7 Å². The normalized spacial score (nSPS) is 16.9. The molecule has 1 aliphatic heterocycles. The molecule has 3 aromatic rings. The molecule has 0 aliphatic carbocycles. The number of likely N-dealkylation sites (tertiary alicyclic amines) is 1. The molecule has 0 saturated carbocycles. The summed E-state index contributed by atoms with van der Waals surface area (Å²) in [5.41, 5.74) is 1.57. The third kappa shape index (κ3) is 6.11. The van der Waals surface area contributed by atoms with Crippen molar-refractivity contribution in [3.8, 4) is 5.75 Å². The standard InChI is InChI=1S/C28H33ClF2N2O2/c1-35-21-8-9-26-22(17-21)27(23(29)18-32-26)25(31)10-11-28(19-34)12-15-33(16-13-28)14-4-6-20-5-2-3-7-24(20)30/h2-3,5,7-9,17-18,25,34H,4,6,10-16,19H2,1H3/t25-/m0/s1. The summed E-state index contributed by atoms with van der Waals surface area (Å²) in [6, 6.07) is 12.3. The molecule has 2 aromatic carbocycles. The van der Waals surface area contributed by atoms with E-state index in [0.29, 0.717) is 40.1 Å². The van der Waals surface area contributed by atoms with Crippen LogP contribution in [0.1, 0.15) is 49.4 Å². The second-order valence-corrected chi connectivity index (χ2v) is 10.0. The molecule has 1 N–H and O–H groups in total. The van der Waals surface area contributed by atoms with Gasteiger partial charge in [0.2, 0.25) is 0 Å². The van der Waals surface area contributed by atoms with E-state index in [0.717, 1.165) is 44.5 Å². The zero-order valence-electron chi connectivity index (χ0n) is 20.2. The Morgan fingerprint density at radius 2 is 1.97 bits per heavy atom. The zero-order chi connectivity index (χ0) is 24.8. The molecule has 35 heavy (non-hydrogen) atoms. The van der Waals surface area contributed by atoms with E-state index in [4.69, 9.17) is 16.3 Å². The molecule has 1 aromatic heterocycles. The minimum atomic E-state index is -1.26. The molecule has 1 fully saturated rings. The van der Waals surface area contributed by atoms with Crippen molar-refractivity contribution in [3.63, 3.8) is 0 Å². The van der Waals surface area contributed by atoms with Gasteiger partial charge in [-0.05, 0) is 93.4 Å². The number of aliphatic hydroxyl groups excluding tert-OH is 1. The highest BCUT2D eigenvalue weighted by Crippen LogP contribution is 2.41. The molecule has 1 aliphatic rings. The number of aliphatic hydroxyl groups is 1. The number of methoxy groups -OCH3 is 1. The number of ether oxygens (including phenoxy) is 1. The number of nitrogens with zero attached hydrogens (tertiary/aromatic N) is 2. The Kier molecular flexibility index (Phi) is 8.58. The highest BCUT2D eigenvalue weighted by molar-refractivity contribution is 6.32. The molecule has 188 valence electrons. The first-order valence-electron chi connectivity index (χ1n) is 12.3. The van der Waals surface area contributed by atoms with Crippen LogP contribution in [0.3, 0.4) is 0 Å². The number of benzene rings is 2. The molecule has 4 nitrogen and oxygen atoms in total. The zero-order valence-corrected chi connectivity index (χ0v) is 20.9. The molecule has 0 radical (unpaired) electrons. The fraction of sp³-hybridized carbons (Fsp3) is 0.464. The maximum Gasteiger partial charge on any atom is 0.127 e. The van der Waals surface area contributed by atoms with Gasteiger partial charge in [0.15, 0.2) is 0 Å². The smallest absolute Gasteiger partial charge is 0.127 e. The van der Waals surface area contributed by atoms with E-state index in [1.165, 1.54) is 12.3 Å². The highest BCUT2D eigenvalue weighted by atomic mass is 35.5. The minimum absolute atomic E-state index is 0.0431. The Balaban J connectivity index is 1.34. The van der Waals surface area contributed by atoms with Gasteiger partial charge < -0.3 is 14.7 Å². The average Bonchev–Trinajstić information content (AvgIpc) is 2.89. The molecule has 0 bridgehead atoms. The molecule has 0 amide bonds. The molecule has 0 spiro atoms. The van der Waals surface area contributed by atoms with Crippen molar-refractivity contribution in [2.24, 2.45) is 5.41 Å². The summed E-state index contributed by atoms with van der Waals surface area (Å²) in [6.45, 7) is 2.64. The van der Waals surface area contributed by atoms with E-state index in [2.05, 4.69) is 9.88 Å². The van der Waals surface area contributed by atoms with Crippen molar-refractivity contribution in [1.29, 1.82) is 0 Å². The van der Waals surface area contributed by atoms with Crippen LogP contribution in [0, 0.1) is 11.2 Å². The number of pyridine rings is 1. The molecule has 1 atom stereocenters. The fourth-order valence-corrected chi connectivity index (χ4v) is 5.39. The van der Waals surface area contributed by atoms with E-state index in [-0.39, 0.29) is 24.3 Å². The number of fused-ring (bicyclic) bond motifs is 1. The average molecular weight is 503 g/mol. The van der Waals surface area contributed by atoms with Gasteiger partial charge in [0.25, 0.3) is 0 Å². The van der Waals surface area contributed by atoms with Gasteiger partial charge in [-0.15, -0.1) is 0 Å². The summed E-state index contributed by atoms with van der Waals surface area (Å²) in [4.78, 5) is 6.68. The van der Waals surface area contributed by atoms with Crippen LogP contribution in [0.2, 0.25) is 5.02 Å². The monoisotopic (exact) mass is 502 g/mol. The summed E-state index contributed by atoms with van der Waals surface area (Å²) in [6.07, 6.45) is 4.33. The van der Waals surface area contributed by atoms with Gasteiger partial charge in [-0.1, -0.05) is 29.8 Å². The summed E-state index contributed by atoms with van der Waals surface area (Å²) in [7, 11) is 1.57. The number of halogens is 3. The highest BCUT2D eigenvalue weighted by Gasteiger charge is 2.35. The maximum atomic E-state index is 15.6. The molecular weight excluding hydrogens is 470 g/mol. The van der Waals surface area contributed by atoms with Gasteiger partial charge in [-0.25, -0.2) is 8.78 Å². The summed E-state index contributed by atoms with van der Waals surface area (Å²) in [5.74, 6) is 0.482. The van der Waals surface area contributed by atoms with Crippen molar-refractivity contribution in [2.45, 2.75) is 44.7 Å². The topological polar surface area (TPSA) is 45.6 Å². The number of hydrogen-bond donors (Lipinski definition) is 1. The molecular formula is C28H33ClF2N2O2. The van der Waals surface area contributed by atoms with Crippen molar-refractivity contribution < 1.29 is 18.6 Å². The van der Waals surface area contributed by atoms with E-state index in [1.807, 2.05) is 12.1 Å². The first-order valence-corrected chi connectivity index (χ1v) is 12.7. The predicted molar refractivity (Wildman–Crippen MR) is 136 cm³/mol. The van der Waals surface area contributed by atoms with E-state index in [1.54, 1.807) is 31.4 Å². The number of hydrogen-bond acceptors (Lipinski definition) is 4. The van der Waals surface area contributed by atoms with Crippen LogP contribution in [-0.2, 0) is 6.42 Å². The molecule has 2 heterocycles. The van der Waals surface area contributed by atoms with E-state index < -0.39 is 6.17 Å². The van der Waals surface area contributed by atoms with Crippen molar-refractivity contribution in [1.82, 2.24) is 9.88 Å². The van der Waals surface area contributed by atoms with Gasteiger partial charge in [-0.3, -0.25) is 4.98 Å². The van der Waals surface area contributed by atoms with Crippen LogP contribution in [0.4, 0.5) is 8.78 Å². The Hall–Kier alpha value is -2.28. The lowest BCUT2D eigenvalue weighted by atomic mass is 9.74. The van der Waals surface area contributed by atoms with Crippen molar-refractivity contribution in [2.75, 3.05) is 33.4 Å². The largest absolute Gasteiger partial charge is 0.497 e. The quantitative estimate of drug-likeness (QED) is 0.342. The Bertz CT molecular complexity index is 1140. The van der Waals surface area contributed by atoms with Gasteiger partial charge in [0.05, 0.1) is 17.6 Å². The fourth-order valence-electron chi connectivity index (χ4n) is 5.12. The number of alkyl halides is 1. The van der Waals surface area contributed by atoms with Crippen molar-refractivity contribution >= 4 is 22.5 Å². The number of rotatable bonds is 10. The summed E-state index contributed by atoms with van der Waals surface area (Å²) >= 11 is 6.38. The Morgan fingerprint density at radius 3 is 2.69 bits per heavy atom. The lowest BCUT2D eigenvalue weighted by Gasteiger charge is -2.41. The lowest BCUT2D eigenvalue weighted by Crippen LogP contribution is -2.42. The number of piperidine rings is 1. The third-order valence-electron chi connectivity index (χ3n) is 7.44. The maximum absolute atomic E-state index is 15.6. The van der Waals surface area contributed by atoms with Crippen molar-refractivity contribution in [3.05, 3.63) is 70.6 Å². The SMILES string of the molecule is COc1ccc2ncc(Cl)c([C@@H](F)CCC3(CO)CCN(CCCc4ccccc4F)CC3)c2c1. The Labute approximate surface area is 210 Å². The van der Waals surface area contributed by atoms with Gasteiger partial charge in [-0.2, -0.15) is 0 Å². The first kappa shape index (κ1) is 25.8. The van der Waals surface area contributed by atoms with Gasteiger partial charge in [0, 0.05) is 23.8 Å². The first-order chi connectivity index (χ1) is 16.9. The number of aromatic nitrogens is 1. The second kappa shape index (κ2) is 11.6. The van der Waals surface area contributed by atoms with Crippen LogP contribution in [0.25, 0.3) is 10.9 Å². The van der Waals surface area contributed by atoms with E-state index in [9.17, 15) is 9.50 Å². The van der Waals surface area contributed by atoms with Crippen LogP contribution >= 0.6 is 11.6 Å². The summed E-state index contributed by atoms with van der Waals surface area (Å²) < 4.78 is 34.7. The molecule has 7 heteroatoms. The molecule has 0 unspecified atom stereocenters. The van der Waals surface area contributed by atoms with Gasteiger partial charge in [0.1, 0.15) is 17.7 Å². The molecule has 1 saturated heterocycles. The summed E-state index contributed by atoms with van der Waals surface area (Å²) in [5, 5.41) is 11.2. The van der Waals surface area contributed by atoms with Crippen LogP contribution < -0.4 is 4.74 Å². The second-order valence-electron chi connectivity index (χ2n) is 9.60. The lowest BCUT2D eigenvalue weighted by molar-refractivity contribution is 0.0300. The predicted octanol–water partition coefficient (Wildman–Crippen LogP) is 6.53. The van der Waals surface area contributed by atoms with Gasteiger partial charge >= 0.3 is 0 Å². The molecule has 4 rings (SSSR count). The third-order valence-corrected chi connectivity index (χ3v) is 7.74. The Morgan fingerprint density at radius 1 is 1.20 bits per heavy atom.